The minimum Gasteiger partial charge on any atom is -0.480 e. The van der Waals surface area contributed by atoms with Gasteiger partial charge in [-0.2, -0.15) is 0 Å². The van der Waals surface area contributed by atoms with Gasteiger partial charge in [0.25, 0.3) is 0 Å². The number of hydrogen-bond donors (Lipinski definition) is 2. The number of likely N-dealkylation sites (tertiary alicyclic amines) is 1. The number of carboxylic acid groups (broad SMARTS) is 1. The van der Waals surface area contributed by atoms with Crippen molar-refractivity contribution in [2.75, 3.05) is 13.1 Å². The Morgan fingerprint density at radius 2 is 2.24 bits per heavy atom. The molecule has 1 aliphatic rings. The highest BCUT2D eigenvalue weighted by Crippen LogP contribution is 2.24. The van der Waals surface area contributed by atoms with Crippen molar-refractivity contribution in [3.63, 3.8) is 0 Å². The van der Waals surface area contributed by atoms with E-state index < -0.39 is 23.7 Å². The van der Waals surface area contributed by atoms with Crippen LogP contribution in [0.25, 0.3) is 0 Å². The van der Waals surface area contributed by atoms with E-state index in [0.29, 0.717) is 19.5 Å². The van der Waals surface area contributed by atoms with Crippen molar-refractivity contribution < 1.29 is 20.8 Å². The van der Waals surface area contributed by atoms with Gasteiger partial charge in [0.15, 0.2) is 0 Å². The molecule has 0 spiro atoms. The third-order valence-electron chi connectivity index (χ3n) is 2.59. The summed E-state index contributed by atoms with van der Waals surface area (Å²) in [6.45, 7) is 5.87. The van der Waals surface area contributed by atoms with Gasteiger partial charge in [0.1, 0.15) is 13.1 Å². The Hall–Kier alpha value is -1.30. The van der Waals surface area contributed by atoms with E-state index >= 15 is 0 Å². The van der Waals surface area contributed by atoms with Crippen molar-refractivity contribution in [3.8, 4) is 0 Å². The predicted octanol–water partition coefficient (Wildman–Crippen LogP) is 0.655. The molecule has 0 bridgehead atoms. The summed E-state index contributed by atoms with van der Waals surface area (Å²) in [5.41, 5.74) is 1.61. The summed E-state index contributed by atoms with van der Waals surface area (Å²) in [6.07, 6.45) is -0.261. The molecule has 1 fully saturated rings. The molecule has 1 rings (SSSR count). The second kappa shape index (κ2) is 4.91. The number of aliphatic carboxylic acids is 1. The zero-order valence-corrected chi connectivity index (χ0v) is 10.4. The first-order valence-corrected chi connectivity index (χ1v) is 5.61. The van der Waals surface area contributed by atoms with Gasteiger partial charge in [0.05, 0.1) is 0 Å². The topological polar surface area (TPSA) is 92.9 Å². The zero-order valence-electron chi connectivity index (χ0n) is 11.4. The molecule has 0 aromatic rings. The molecule has 1 aliphatic heterocycles. The van der Waals surface area contributed by atoms with E-state index in [-0.39, 0.29) is 5.92 Å². The minimum absolute atomic E-state index is 0.0314. The van der Waals surface area contributed by atoms with E-state index in [1.165, 1.54) is 4.90 Å². The monoisotopic (exact) mass is 245 g/mol. The van der Waals surface area contributed by atoms with Crippen LogP contribution in [0, 0.1) is 5.92 Å². The number of carbonyl (C=O) groups is 2. The number of carboxylic acids is 1. The van der Waals surface area contributed by atoms with Gasteiger partial charge >= 0.3 is 12.1 Å². The summed E-state index contributed by atoms with van der Waals surface area (Å²) in [5, 5.41) is 9.10. The maximum absolute atomic E-state index is 11.9. The van der Waals surface area contributed by atoms with Gasteiger partial charge in [-0.05, 0) is 39.7 Å². The van der Waals surface area contributed by atoms with Gasteiger partial charge in [-0.15, -0.1) is 0 Å². The first kappa shape index (κ1) is 12.2. The molecule has 2 atom stereocenters. The van der Waals surface area contributed by atoms with Crippen LogP contribution in [0.15, 0.2) is 0 Å². The lowest BCUT2D eigenvalue weighted by Crippen LogP contribution is -2.43. The number of hydrogen-bond acceptors (Lipinski definition) is 4. The quantitative estimate of drug-likeness (QED) is 0.761. The summed E-state index contributed by atoms with van der Waals surface area (Å²) in [6, 6.07) is -0.863. The first-order valence-electron chi connectivity index (χ1n) is 6.11. The van der Waals surface area contributed by atoms with Crippen LogP contribution in [-0.4, -0.2) is 46.8 Å². The molecule has 0 aliphatic carbocycles. The van der Waals surface area contributed by atoms with Crippen molar-refractivity contribution in [2.45, 2.75) is 38.8 Å². The lowest BCUT2D eigenvalue weighted by Gasteiger charge is -2.26. The highest BCUT2D eigenvalue weighted by atomic mass is 16.6. The van der Waals surface area contributed by atoms with Crippen LogP contribution >= 0.6 is 0 Å². The molecule has 98 valence electrons. The molecule has 6 nitrogen and oxygen atoms in total. The number of nitrogens with zero attached hydrogens (tertiary/aromatic N) is 1. The molecule has 17 heavy (non-hydrogen) atoms. The predicted molar refractivity (Wildman–Crippen MR) is 61.5 cm³/mol. The van der Waals surface area contributed by atoms with Crippen molar-refractivity contribution in [1.29, 1.82) is 0 Å². The van der Waals surface area contributed by atoms with Crippen LogP contribution in [0.5, 0.6) is 0 Å². The summed E-state index contributed by atoms with van der Waals surface area (Å²) in [5.74, 6) is -1.07. The fraction of sp³-hybridized carbons (Fsp3) is 0.818. The maximum atomic E-state index is 11.9. The zero-order chi connectivity index (χ0) is 13.9. The van der Waals surface area contributed by atoms with Crippen LogP contribution < -0.4 is 5.73 Å². The van der Waals surface area contributed by atoms with Gasteiger partial charge in [0, 0.05) is 6.54 Å². The lowest BCUT2D eigenvalue weighted by molar-refractivity contribution is -0.142. The van der Waals surface area contributed by atoms with Crippen molar-refractivity contribution >= 4 is 12.1 Å². The number of carbonyl (C=O) groups excluding carboxylic acids is 1. The van der Waals surface area contributed by atoms with Crippen molar-refractivity contribution in [3.05, 3.63) is 0 Å². The van der Waals surface area contributed by atoms with E-state index in [2.05, 4.69) is 5.73 Å². The normalized spacial score (nSPS) is 25.6. The summed E-state index contributed by atoms with van der Waals surface area (Å²) in [4.78, 5) is 24.2. The van der Waals surface area contributed by atoms with Crippen LogP contribution in [-0.2, 0) is 9.53 Å². The third kappa shape index (κ3) is 3.59. The Morgan fingerprint density at radius 3 is 2.71 bits per heavy atom. The lowest BCUT2D eigenvalue weighted by atomic mass is 10.1. The fourth-order valence-corrected chi connectivity index (χ4v) is 1.83. The number of rotatable bonds is 3. The molecular formula is C11H20N2O4. The number of ether oxygens (including phenoxy) is 1. The van der Waals surface area contributed by atoms with E-state index in [0.717, 1.165) is 0 Å². The SMILES string of the molecule is [2H]NC[C@@H]1C[C@@H](C(=O)O)N(C(=O)OC(C)(C)C)C1. The smallest absolute Gasteiger partial charge is 0.411 e. The van der Waals surface area contributed by atoms with E-state index in [1.54, 1.807) is 20.8 Å². The average Bonchev–Trinajstić information content (AvgIpc) is 2.59. The van der Waals surface area contributed by atoms with Crippen LogP contribution in [0.1, 0.15) is 27.2 Å². The molecule has 1 amide bonds. The minimum atomic E-state index is -1.03. The van der Waals surface area contributed by atoms with Gasteiger partial charge in [-0.3, -0.25) is 4.90 Å². The molecular weight excluding hydrogens is 224 g/mol. The van der Waals surface area contributed by atoms with Crippen LogP contribution in [0.4, 0.5) is 4.79 Å². The second-order valence-electron chi connectivity index (χ2n) is 5.29. The van der Waals surface area contributed by atoms with Gasteiger partial charge in [-0.25, -0.2) is 9.59 Å². The molecule has 0 saturated carbocycles. The Kier molecular flexibility index (Phi) is 3.51. The van der Waals surface area contributed by atoms with Gasteiger partial charge in [-0.1, -0.05) is 0 Å². The molecule has 1 heterocycles. The Bertz CT molecular complexity index is 329. The summed E-state index contributed by atoms with van der Waals surface area (Å²) < 4.78 is 12.1. The number of amides is 1. The molecule has 0 aromatic carbocycles. The van der Waals surface area contributed by atoms with Crippen molar-refractivity contribution in [1.82, 2.24) is 4.90 Å². The highest BCUT2D eigenvalue weighted by Gasteiger charge is 2.40. The van der Waals surface area contributed by atoms with Crippen LogP contribution in [0.3, 0.4) is 0 Å². The second-order valence-corrected chi connectivity index (χ2v) is 5.29. The van der Waals surface area contributed by atoms with Gasteiger partial charge < -0.3 is 15.6 Å². The van der Waals surface area contributed by atoms with E-state index in [1.807, 2.05) is 0 Å². The molecule has 1 saturated heterocycles. The summed E-state index contributed by atoms with van der Waals surface area (Å²) in [7, 11) is 0. The average molecular weight is 245 g/mol. The molecule has 0 radical (unpaired) electrons. The van der Waals surface area contributed by atoms with Gasteiger partial charge in [0.2, 0.25) is 0 Å². The molecule has 3 N–H and O–H groups in total. The van der Waals surface area contributed by atoms with E-state index in [4.69, 9.17) is 11.3 Å². The number of nitrogens with two attached hydrogens (primary N) is 1. The third-order valence-corrected chi connectivity index (χ3v) is 2.59. The van der Waals surface area contributed by atoms with E-state index in [9.17, 15) is 9.59 Å². The first-order chi connectivity index (χ1) is 8.24. The highest BCUT2D eigenvalue weighted by molar-refractivity contribution is 5.81. The fourth-order valence-electron chi connectivity index (χ4n) is 1.83. The largest absolute Gasteiger partial charge is 0.480 e. The Balaban J connectivity index is 2.72. The molecule has 0 unspecified atom stereocenters. The van der Waals surface area contributed by atoms with Crippen LogP contribution in [0.2, 0.25) is 1.41 Å². The molecule has 6 heteroatoms. The molecule has 0 aromatic heterocycles. The Labute approximate surface area is 102 Å². The summed E-state index contributed by atoms with van der Waals surface area (Å²) >= 11 is 0. The maximum Gasteiger partial charge on any atom is 0.411 e. The standard InChI is InChI=1S/C11H20N2O4/c1-11(2,3)17-10(16)13-6-7(5-12)4-8(13)9(14)15/h7-8H,4-6,12H2,1-3H3,(H,14,15)/t7-,8-/m0/s1/i/hD. The Morgan fingerprint density at radius 1 is 1.59 bits per heavy atom. The van der Waals surface area contributed by atoms with Crippen molar-refractivity contribution in [2.24, 2.45) is 11.6 Å².